The van der Waals surface area contributed by atoms with E-state index in [2.05, 4.69) is 13.2 Å². The highest BCUT2D eigenvalue weighted by molar-refractivity contribution is 5.79. The van der Waals surface area contributed by atoms with Gasteiger partial charge in [-0.05, 0) is 0 Å². The lowest BCUT2D eigenvalue weighted by Crippen LogP contribution is -1.85. The number of carboxylic acid groups (broad SMARTS) is 2. The highest BCUT2D eigenvalue weighted by Crippen LogP contribution is 2.15. The number of aliphatic carboxylic acids is 2. The SMILES string of the molecule is C1CCCCCCCCCCC1.C=CC(=O)O.C=CC(=O)O. The molecule has 1 aliphatic rings. The van der Waals surface area contributed by atoms with E-state index in [9.17, 15) is 9.59 Å². The lowest BCUT2D eigenvalue weighted by atomic mass is 10.0. The van der Waals surface area contributed by atoms with Gasteiger partial charge >= 0.3 is 11.9 Å². The molecule has 0 saturated heterocycles. The van der Waals surface area contributed by atoms with Crippen molar-refractivity contribution in [3.05, 3.63) is 25.3 Å². The minimum Gasteiger partial charge on any atom is -0.478 e. The van der Waals surface area contributed by atoms with Gasteiger partial charge in [-0.2, -0.15) is 0 Å². The van der Waals surface area contributed by atoms with Crippen molar-refractivity contribution < 1.29 is 19.8 Å². The van der Waals surface area contributed by atoms with Crippen LogP contribution in [-0.4, -0.2) is 22.2 Å². The molecule has 2 N–H and O–H groups in total. The lowest BCUT2D eigenvalue weighted by molar-refractivity contribution is -0.132. The van der Waals surface area contributed by atoms with Gasteiger partial charge in [0.05, 0.1) is 0 Å². The van der Waals surface area contributed by atoms with Gasteiger partial charge in [0.25, 0.3) is 0 Å². The monoisotopic (exact) mass is 312 g/mol. The average molecular weight is 312 g/mol. The van der Waals surface area contributed by atoms with Gasteiger partial charge in [0.1, 0.15) is 0 Å². The summed E-state index contributed by atoms with van der Waals surface area (Å²) >= 11 is 0. The molecule has 0 aromatic carbocycles. The molecule has 0 radical (unpaired) electrons. The first-order valence-electron chi connectivity index (χ1n) is 8.25. The topological polar surface area (TPSA) is 74.6 Å². The van der Waals surface area contributed by atoms with E-state index < -0.39 is 11.9 Å². The summed E-state index contributed by atoms with van der Waals surface area (Å²) in [5.74, 6) is -1.96. The van der Waals surface area contributed by atoms with Gasteiger partial charge in [-0.15, -0.1) is 0 Å². The Morgan fingerprint density at radius 3 is 0.682 bits per heavy atom. The van der Waals surface area contributed by atoms with Gasteiger partial charge in [-0.1, -0.05) is 90.2 Å². The molecule has 0 heterocycles. The fraction of sp³-hybridized carbons (Fsp3) is 0.667. The Kier molecular flexibility index (Phi) is 20.0. The molecule has 0 spiro atoms. The summed E-state index contributed by atoms with van der Waals surface area (Å²) in [6.45, 7) is 5.92. The number of carboxylic acids is 2. The van der Waals surface area contributed by atoms with Crippen LogP contribution in [0, 0.1) is 0 Å². The van der Waals surface area contributed by atoms with Crippen LogP contribution < -0.4 is 0 Å². The van der Waals surface area contributed by atoms with E-state index in [-0.39, 0.29) is 0 Å². The molecule has 1 aliphatic carbocycles. The van der Waals surface area contributed by atoms with Crippen LogP contribution in [0.5, 0.6) is 0 Å². The molecule has 1 rings (SSSR count). The van der Waals surface area contributed by atoms with Crippen molar-refractivity contribution in [2.45, 2.75) is 77.0 Å². The first-order valence-corrected chi connectivity index (χ1v) is 8.25. The van der Waals surface area contributed by atoms with Crippen molar-refractivity contribution in [2.75, 3.05) is 0 Å². The maximum Gasteiger partial charge on any atom is 0.327 e. The maximum absolute atomic E-state index is 9.25. The van der Waals surface area contributed by atoms with Crippen LogP contribution in [-0.2, 0) is 9.59 Å². The van der Waals surface area contributed by atoms with Gasteiger partial charge in [-0.3, -0.25) is 0 Å². The summed E-state index contributed by atoms with van der Waals surface area (Å²) in [4.78, 5) is 18.5. The Morgan fingerprint density at radius 2 is 0.636 bits per heavy atom. The quantitative estimate of drug-likeness (QED) is 0.688. The molecule has 4 heteroatoms. The first-order chi connectivity index (χ1) is 10.5. The highest BCUT2D eigenvalue weighted by Gasteiger charge is 1.96. The number of hydrogen-bond donors (Lipinski definition) is 2. The summed E-state index contributed by atoms with van der Waals surface area (Å²) in [7, 11) is 0. The predicted molar refractivity (Wildman–Crippen MR) is 91.1 cm³/mol. The Bertz CT molecular complexity index is 236. The zero-order valence-electron chi connectivity index (χ0n) is 13.8. The van der Waals surface area contributed by atoms with Crippen molar-refractivity contribution in [2.24, 2.45) is 0 Å². The molecular weight excluding hydrogens is 280 g/mol. The van der Waals surface area contributed by atoms with Crippen molar-refractivity contribution in [1.29, 1.82) is 0 Å². The molecule has 0 aromatic rings. The molecule has 0 unspecified atom stereocenters. The highest BCUT2D eigenvalue weighted by atomic mass is 16.4. The van der Waals surface area contributed by atoms with E-state index >= 15 is 0 Å². The Labute approximate surface area is 134 Å². The van der Waals surface area contributed by atoms with Gasteiger partial charge in [-0.25, -0.2) is 9.59 Å². The van der Waals surface area contributed by atoms with Gasteiger partial charge < -0.3 is 10.2 Å². The standard InChI is InChI=1S/C12H24.2C3H4O2/c1-2-4-6-8-10-12-11-9-7-5-3-1;2*1-2-3(4)5/h1-12H2;2*2H,1H2,(H,4,5). The number of carbonyl (C=O) groups is 2. The second-order valence-electron chi connectivity index (χ2n) is 5.33. The minimum atomic E-state index is -0.981. The van der Waals surface area contributed by atoms with E-state index in [1.165, 1.54) is 77.0 Å². The van der Waals surface area contributed by atoms with Crippen molar-refractivity contribution in [3.8, 4) is 0 Å². The molecule has 0 bridgehead atoms. The molecule has 0 aliphatic heterocycles. The summed E-state index contributed by atoms with van der Waals surface area (Å²) in [6, 6.07) is 0. The third kappa shape index (κ3) is 26.9. The van der Waals surface area contributed by atoms with Gasteiger partial charge in [0.15, 0.2) is 0 Å². The molecule has 1 saturated carbocycles. The molecule has 1 fully saturated rings. The largest absolute Gasteiger partial charge is 0.478 e. The third-order valence-corrected chi connectivity index (χ3v) is 3.35. The average Bonchev–Trinajstić information content (AvgIpc) is 2.49. The Balaban J connectivity index is 0. The predicted octanol–water partition coefficient (Wildman–Crippen LogP) is 5.20. The fourth-order valence-corrected chi connectivity index (χ4v) is 2.12. The van der Waals surface area contributed by atoms with Crippen LogP contribution in [0.4, 0.5) is 0 Å². The fourth-order valence-electron chi connectivity index (χ4n) is 2.12. The molecular formula is C18H32O4. The molecule has 0 amide bonds. The van der Waals surface area contributed by atoms with Crippen LogP contribution in [0.15, 0.2) is 25.3 Å². The van der Waals surface area contributed by atoms with E-state index in [0.717, 1.165) is 12.2 Å². The molecule has 4 nitrogen and oxygen atoms in total. The van der Waals surface area contributed by atoms with Crippen LogP contribution in [0.25, 0.3) is 0 Å². The first kappa shape index (κ1) is 22.7. The van der Waals surface area contributed by atoms with E-state index in [0.29, 0.717) is 0 Å². The third-order valence-electron chi connectivity index (χ3n) is 3.35. The zero-order chi connectivity index (χ0) is 17.1. The minimum absolute atomic E-state index is 0.833. The lowest BCUT2D eigenvalue weighted by Gasteiger charge is -2.05. The molecule has 128 valence electrons. The summed E-state index contributed by atoms with van der Waals surface area (Å²) in [5, 5.41) is 15.2. The molecule has 0 atom stereocenters. The van der Waals surface area contributed by atoms with Gasteiger partial charge in [0.2, 0.25) is 0 Å². The second-order valence-corrected chi connectivity index (χ2v) is 5.33. The van der Waals surface area contributed by atoms with Crippen LogP contribution >= 0.6 is 0 Å². The molecule has 0 aromatic heterocycles. The molecule has 22 heavy (non-hydrogen) atoms. The van der Waals surface area contributed by atoms with E-state index in [1.54, 1.807) is 0 Å². The zero-order valence-corrected chi connectivity index (χ0v) is 13.8. The normalized spacial score (nSPS) is 16.0. The number of hydrogen-bond acceptors (Lipinski definition) is 2. The maximum atomic E-state index is 9.25. The Morgan fingerprint density at radius 1 is 0.545 bits per heavy atom. The van der Waals surface area contributed by atoms with Crippen molar-refractivity contribution in [3.63, 3.8) is 0 Å². The summed E-state index contributed by atoms with van der Waals surface area (Å²) in [5.41, 5.74) is 0. The van der Waals surface area contributed by atoms with E-state index in [4.69, 9.17) is 10.2 Å². The number of rotatable bonds is 2. The van der Waals surface area contributed by atoms with Crippen LogP contribution in [0.1, 0.15) is 77.0 Å². The van der Waals surface area contributed by atoms with Crippen molar-refractivity contribution >= 4 is 11.9 Å². The summed E-state index contributed by atoms with van der Waals surface area (Å²) in [6.07, 6.45) is 19.7. The van der Waals surface area contributed by atoms with Crippen LogP contribution in [0.2, 0.25) is 0 Å². The summed E-state index contributed by atoms with van der Waals surface area (Å²) < 4.78 is 0. The smallest absolute Gasteiger partial charge is 0.327 e. The van der Waals surface area contributed by atoms with E-state index in [1.807, 2.05) is 0 Å². The Hall–Kier alpha value is -1.58. The second kappa shape index (κ2) is 19.4. The van der Waals surface area contributed by atoms with Crippen molar-refractivity contribution in [1.82, 2.24) is 0 Å². The van der Waals surface area contributed by atoms with Crippen LogP contribution in [0.3, 0.4) is 0 Å². The van der Waals surface area contributed by atoms with Gasteiger partial charge in [0, 0.05) is 12.2 Å².